The average Bonchev–Trinajstić information content (AvgIpc) is 2.29. The van der Waals surface area contributed by atoms with Crippen LogP contribution < -0.4 is 5.32 Å². The standard InChI is InChI=1S/C13H18N2O2/c1-9-7-14-8-10(2)15(9)13(17)11-3-5-12(16)6-4-11/h3-6,9-10,14,16H,7-8H2,1-2H3. The highest BCUT2D eigenvalue weighted by Gasteiger charge is 2.29. The van der Waals surface area contributed by atoms with Gasteiger partial charge >= 0.3 is 0 Å². The zero-order chi connectivity index (χ0) is 12.4. The SMILES string of the molecule is CC1CNCC(C)N1C(=O)c1ccc(O)cc1. The van der Waals surface area contributed by atoms with Crippen molar-refractivity contribution in [1.29, 1.82) is 0 Å². The molecule has 17 heavy (non-hydrogen) atoms. The lowest BCUT2D eigenvalue weighted by molar-refractivity contribution is 0.0544. The van der Waals surface area contributed by atoms with Gasteiger partial charge < -0.3 is 15.3 Å². The number of benzene rings is 1. The van der Waals surface area contributed by atoms with Gasteiger partial charge in [-0.15, -0.1) is 0 Å². The van der Waals surface area contributed by atoms with Crippen molar-refractivity contribution in [2.45, 2.75) is 25.9 Å². The van der Waals surface area contributed by atoms with Crippen LogP contribution in [0.4, 0.5) is 0 Å². The summed E-state index contributed by atoms with van der Waals surface area (Å²) in [7, 11) is 0. The van der Waals surface area contributed by atoms with E-state index in [0.29, 0.717) is 5.56 Å². The van der Waals surface area contributed by atoms with Crippen LogP contribution in [0.25, 0.3) is 0 Å². The van der Waals surface area contributed by atoms with E-state index in [0.717, 1.165) is 13.1 Å². The zero-order valence-electron chi connectivity index (χ0n) is 10.2. The molecule has 92 valence electrons. The molecule has 0 radical (unpaired) electrons. The molecule has 2 N–H and O–H groups in total. The van der Waals surface area contributed by atoms with Crippen LogP contribution in [0, 0.1) is 0 Å². The highest BCUT2D eigenvalue weighted by Crippen LogP contribution is 2.17. The molecule has 0 spiro atoms. The van der Waals surface area contributed by atoms with E-state index in [-0.39, 0.29) is 23.7 Å². The molecule has 1 heterocycles. The summed E-state index contributed by atoms with van der Waals surface area (Å²) in [4.78, 5) is 14.3. The molecular formula is C13H18N2O2. The fourth-order valence-corrected chi connectivity index (χ4v) is 2.29. The van der Waals surface area contributed by atoms with Gasteiger partial charge in [0.05, 0.1) is 0 Å². The number of carbonyl (C=O) groups excluding carboxylic acids is 1. The summed E-state index contributed by atoms with van der Waals surface area (Å²) in [5.41, 5.74) is 0.628. The predicted molar refractivity (Wildman–Crippen MR) is 66.1 cm³/mol. The zero-order valence-corrected chi connectivity index (χ0v) is 10.2. The van der Waals surface area contributed by atoms with Crippen molar-refractivity contribution in [3.63, 3.8) is 0 Å². The summed E-state index contributed by atoms with van der Waals surface area (Å²) in [5.74, 6) is 0.217. The maximum absolute atomic E-state index is 12.3. The van der Waals surface area contributed by atoms with Crippen LogP contribution >= 0.6 is 0 Å². The van der Waals surface area contributed by atoms with E-state index < -0.39 is 0 Å². The number of phenols is 1. The van der Waals surface area contributed by atoms with Crippen molar-refractivity contribution < 1.29 is 9.90 Å². The number of piperazine rings is 1. The van der Waals surface area contributed by atoms with Crippen LogP contribution in [-0.4, -0.2) is 41.1 Å². The molecule has 4 nitrogen and oxygen atoms in total. The topological polar surface area (TPSA) is 52.6 Å². The maximum atomic E-state index is 12.3. The van der Waals surface area contributed by atoms with Gasteiger partial charge in [-0.2, -0.15) is 0 Å². The van der Waals surface area contributed by atoms with Crippen molar-refractivity contribution in [2.24, 2.45) is 0 Å². The van der Waals surface area contributed by atoms with Crippen molar-refractivity contribution in [1.82, 2.24) is 10.2 Å². The summed E-state index contributed by atoms with van der Waals surface area (Å²) < 4.78 is 0. The van der Waals surface area contributed by atoms with E-state index in [1.165, 1.54) is 0 Å². The van der Waals surface area contributed by atoms with Crippen LogP contribution in [0.2, 0.25) is 0 Å². The highest BCUT2D eigenvalue weighted by molar-refractivity contribution is 5.94. The molecule has 1 aromatic carbocycles. The molecule has 0 bridgehead atoms. The maximum Gasteiger partial charge on any atom is 0.254 e. The van der Waals surface area contributed by atoms with Crippen LogP contribution in [0.3, 0.4) is 0 Å². The first-order valence-corrected chi connectivity index (χ1v) is 5.92. The molecule has 4 heteroatoms. The Bertz CT molecular complexity index is 392. The molecule has 1 fully saturated rings. The van der Waals surface area contributed by atoms with E-state index in [4.69, 9.17) is 0 Å². The number of hydrogen-bond acceptors (Lipinski definition) is 3. The first-order chi connectivity index (χ1) is 8.09. The molecule has 1 saturated heterocycles. The minimum atomic E-state index is 0.0338. The van der Waals surface area contributed by atoms with Gasteiger partial charge in [-0.05, 0) is 38.1 Å². The van der Waals surface area contributed by atoms with E-state index in [2.05, 4.69) is 5.32 Å². The van der Waals surface area contributed by atoms with Crippen molar-refractivity contribution in [2.75, 3.05) is 13.1 Å². The number of phenolic OH excluding ortho intramolecular Hbond substituents is 1. The first kappa shape index (κ1) is 11.9. The number of carbonyl (C=O) groups is 1. The van der Waals surface area contributed by atoms with Crippen LogP contribution in [-0.2, 0) is 0 Å². The molecule has 1 aliphatic rings. The Balaban J connectivity index is 2.20. The van der Waals surface area contributed by atoms with Gasteiger partial charge in [-0.3, -0.25) is 4.79 Å². The van der Waals surface area contributed by atoms with Crippen molar-refractivity contribution in [3.8, 4) is 5.75 Å². The lowest BCUT2D eigenvalue weighted by Gasteiger charge is -2.39. The van der Waals surface area contributed by atoms with Gasteiger partial charge in [0, 0.05) is 30.7 Å². The molecule has 2 rings (SSSR count). The molecule has 0 aliphatic carbocycles. The summed E-state index contributed by atoms with van der Waals surface area (Å²) in [6, 6.07) is 6.81. The number of nitrogens with zero attached hydrogens (tertiary/aromatic N) is 1. The Morgan fingerprint density at radius 1 is 1.24 bits per heavy atom. The highest BCUT2D eigenvalue weighted by atomic mass is 16.3. The third-order valence-corrected chi connectivity index (χ3v) is 3.18. The summed E-state index contributed by atoms with van der Waals surface area (Å²) in [5, 5.41) is 12.5. The number of amides is 1. The predicted octanol–water partition coefficient (Wildman–Crippen LogP) is 1.21. The third-order valence-electron chi connectivity index (χ3n) is 3.18. The monoisotopic (exact) mass is 234 g/mol. The van der Waals surface area contributed by atoms with E-state index in [1.807, 2.05) is 18.7 Å². The summed E-state index contributed by atoms with van der Waals surface area (Å²) in [6.45, 7) is 5.74. The van der Waals surface area contributed by atoms with E-state index in [1.54, 1.807) is 24.3 Å². The molecular weight excluding hydrogens is 216 g/mol. The second-order valence-corrected chi connectivity index (χ2v) is 4.62. The van der Waals surface area contributed by atoms with Gasteiger partial charge in [-0.1, -0.05) is 0 Å². The van der Waals surface area contributed by atoms with Crippen molar-refractivity contribution in [3.05, 3.63) is 29.8 Å². The van der Waals surface area contributed by atoms with Crippen LogP contribution in [0.1, 0.15) is 24.2 Å². The second-order valence-electron chi connectivity index (χ2n) is 4.62. The fraction of sp³-hybridized carbons (Fsp3) is 0.462. The van der Waals surface area contributed by atoms with E-state index >= 15 is 0 Å². The number of aromatic hydroxyl groups is 1. The molecule has 2 unspecified atom stereocenters. The Morgan fingerprint density at radius 3 is 2.29 bits per heavy atom. The van der Waals surface area contributed by atoms with Gasteiger partial charge in [0.25, 0.3) is 5.91 Å². The normalized spacial score (nSPS) is 24.7. The summed E-state index contributed by atoms with van der Waals surface area (Å²) >= 11 is 0. The Labute approximate surface area is 101 Å². The smallest absolute Gasteiger partial charge is 0.254 e. The number of hydrogen-bond donors (Lipinski definition) is 2. The average molecular weight is 234 g/mol. The molecule has 1 amide bonds. The summed E-state index contributed by atoms with van der Waals surface area (Å²) in [6.07, 6.45) is 0. The molecule has 1 aromatic rings. The molecule has 0 aromatic heterocycles. The minimum absolute atomic E-state index is 0.0338. The van der Waals surface area contributed by atoms with Gasteiger partial charge in [0.1, 0.15) is 5.75 Å². The molecule has 0 saturated carbocycles. The van der Waals surface area contributed by atoms with Crippen LogP contribution in [0.15, 0.2) is 24.3 Å². The minimum Gasteiger partial charge on any atom is -0.508 e. The van der Waals surface area contributed by atoms with Crippen molar-refractivity contribution >= 4 is 5.91 Å². The van der Waals surface area contributed by atoms with Gasteiger partial charge in [-0.25, -0.2) is 0 Å². The van der Waals surface area contributed by atoms with E-state index in [9.17, 15) is 9.90 Å². The third kappa shape index (κ3) is 2.42. The quantitative estimate of drug-likeness (QED) is 0.768. The Hall–Kier alpha value is -1.55. The Morgan fingerprint density at radius 2 is 1.76 bits per heavy atom. The molecule has 1 aliphatic heterocycles. The fourth-order valence-electron chi connectivity index (χ4n) is 2.29. The lowest BCUT2D eigenvalue weighted by atomic mass is 10.1. The van der Waals surface area contributed by atoms with Gasteiger partial charge in [0.2, 0.25) is 0 Å². The van der Waals surface area contributed by atoms with Gasteiger partial charge in [0.15, 0.2) is 0 Å². The largest absolute Gasteiger partial charge is 0.508 e. The number of nitrogens with one attached hydrogen (secondary N) is 1. The first-order valence-electron chi connectivity index (χ1n) is 5.92. The number of rotatable bonds is 1. The van der Waals surface area contributed by atoms with Crippen LogP contribution in [0.5, 0.6) is 5.75 Å². The molecule has 2 atom stereocenters. The second kappa shape index (κ2) is 4.75. The lowest BCUT2D eigenvalue weighted by Crippen LogP contribution is -2.57. The Kier molecular flexibility index (Phi) is 3.33.